The molecule has 0 aromatic carbocycles. The van der Waals surface area contributed by atoms with Gasteiger partial charge in [-0.3, -0.25) is 0 Å². The summed E-state index contributed by atoms with van der Waals surface area (Å²) in [6.07, 6.45) is 6.94. The molecule has 0 aromatic heterocycles. The van der Waals surface area contributed by atoms with Crippen LogP contribution in [0.2, 0.25) is 0 Å². The van der Waals surface area contributed by atoms with Gasteiger partial charge in [-0.25, -0.2) is 16.8 Å². The highest BCUT2D eigenvalue weighted by molar-refractivity contribution is 8.04. The van der Waals surface area contributed by atoms with Gasteiger partial charge in [-0.15, -0.1) is 4.13 Å². The maximum atomic E-state index is 11.4. The van der Waals surface area contributed by atoms with Crippen LogP contribution in [0.5, 0.6) is 0 Å². The quantitative estimate of drug-likeness (QED) is 0.661. The predicted octanol–water partition coefficient (Wildman–Crippen LogP) is 0.522. The van der Waals surface area contributed by atoms with Crippen LogP contribution in [0.3, 0.4) is 0 Å². The molecule has 0 bridgehead atoms. The number of sulfonamides is 2. The third-order valence-corrected chi connectivity index (χ3v) is 6.17. The van der Waals surface area contributed by atoms with E-state index in [-0.39, 0.29) is 5.75 Å². The van der Waals surface area contributed by atoms with Crippen molar-refractivity contribution < 1.29 is 16.8 Å². The van der Waals surface area contributed by atoms with Crippen molar-refractivity contribution in [3.63, 3.8) is 0 Å². The van der Waals surface area contributed by atoms with Crippen molar-refractivity contribution in [3.05, 3.63) is 0 Å². The van der Waals surface area contributed by atoms with Gasteiger partial charge in [0.05, 0.1) is 12.0 Å². The summed E-state index contributed by atoms with van der Waals surface area (Å²) in [6, 6.07) is 0. The number of rotatable bonds is 8. The van der Waals surface area contributed by atoms with Gasteiger partial charge in [0.1, 0.15) is 0 Å². The summed E-state index contributed by atoms with van der Waals surface area (Å²) < 4.78 is 46.2. The Kier molecular flexibility index (Phi) is 6.72. The molecular weight excluding hydrogens is 288 g/mol. The van der Waals surface area contributed by atoms with Gasteiger partial charge < -0.3 is 4.90 Å². The van der Waals surface area contributed by atoms with Crippen molar-refractivity contribution in [2.75, 3.05) is 31.6 Å². The Bertz CT molecular complexity index is 453. The molecular formula is C11H24N2O4S2. The van der Waals surface area contributed by atoms with Gasteiger partial charge in [-0.1, -0.05) is 12.8 Å². The Morgan fingerprint density at radius 1 is 0.947 bits per heavy atom. The molecule has 0 amide bonds. The fourth-order valence-corrected chi connectivity index (χ4v) is 5.02. The molecule has 0 saturated carbocycles. The van der Waals surface area contributed by atoms with Gasteiger partial charge >= 0.3 is 0 Å². The van der Waals surface area contributed by atoms with Crippen molar-refractivity contribution in [1.82, 2.24) is 9.03 Å². The molecule has 8 heteroatoms. The first-order valence-electron chi connectivity index (χ1n) is 6.72. The van der Waals surface area contributed by atoms with Gasteiger partial charge in [0.25, 0.3) is 0 Å². The first-order chi connectivity index (χ1) is 8.79. The largest absolute Gasteiger partial charge is 0.303 e. The second kappa shape index (κ2) is 7.56. The van der Waals surface area contributed by atoms with Gasteiger partial charge in [0.15, 0.2) is 0 Å². The molecule has 1 aliphatic heterocycles. The minimum absolute atomic E-state index is 0.125. The Balaban J connectivity index is 2.13. The van der Waals surface area contributed by atoms with Crippen LogP contribution in [0.25, 0.3) is 0 Å². The Hall–Kier alpha value is -0.180. The minimum Gasteiger partial charge on any atom is -0.303 e. The molecule has 0 aliphatic carbocycles. The fraction of sp³-hybridized carbons (Fsp3) is 1.00. The molecule has 0 unspecified atom stereocenters. The molecule has 1 aliphatic rings. The zero-order chi connectivity index (χ0) is 14.4. The smallest absolute Gasteiger partial charge is 0.224 e. The molecule has 1 rings (SSSR count). The van der Waals surface area contributed by atoms with Crippen LogP contribution >= 0.6 is 0 Å². The molecule has 0 aromatic rings. The van der Waals surface area contributed by atoms with Crippen molar-refractivity contribution in [3.8, 4) is 0 Å². The summed E-state index contributed by atoms with van der Waals surface area (Å²) in [4.78, 5) is 2.41. The normalized spacial score (nSPS) is 18.6. The first-order valence-corrected chi connectivity index (χ1v) is 10.3. The summed E-state index contributed by atoms with van der Waals surface area (Å²) in [7, 11) is -7.38. The van der Waals surface area contributed by atoms with Crippen LogP contribution in [0.4, 0.5) is 0 Å². The zero-order valence-corrected chi connectivity index (χ0v) is 13.1. The molecule has 1 saturated heterocycles. The van der Waals surface area contributed by atoms with Crippen LogP contribution in [0.15, 0.2) is 0 Å². The highest BCUT2D eigenvalue weighted by Crippen LogP contribution is 2.10. The number of nitrogens with one attached hydrogen (secondary N) is 1. The lowest BCUT2D eigenvalue weighted by atomic mass is 10.1. The molecule has 1 heterocycles. The van der Waals surface area contributed by atoms with Crippen LogP contribution in [-0.2, 0) is 20.0 Å². The van der Waals surface area contributed by atoms with Crippen LogP contribution in [-0.4, -0.2) is 53.4 Å². The van der Waals surface area contributed by atoms with Crippen LogP contribution < -0.4 is 4.13 Å². The van der Waals surface area contributed by atoms with E-state index in [9.17, 15) is 16.8 Å². The first kappa shape index (κ1) is 16.9. The molecule has 114 valence electrons. The SMILES string of the molecule is CS(=O)(=O)NS(=O)(=O)CCCCCN1CCCCC1. The average molecular weight is 312 g/mol. The lowest BCUT2D eigenvalue weighted by molar-refractivity contribution is 0.224. The summed E-state index contributed by atoms with van der Waals surface area (Å²) in [5, 5.41) is 0. The molecule has 19 heavy (non-hydrogen) atoms. The maximum Gasteiger partial charge on any atom is 0.224 e. The van der Waals surface area contributed by atoms with Crippen molar-refractivity contribution >= 4 is 20.0 Å². The third-order valence-electron chi connectivity index (χ3n) is 3.11. The lowest BCUT2D eigenvalue weighted by Crippen LogP contribution is -2.32. The fourth-order valence-electron chi connectivity index (χ4n) is 2.26. The number of nitrogens with zero attached hydrogens (tertiary/aromatic N) is 1. The topological polar surface area (TPSA) is 83.5 Å². The molecule has 0 radical (unpaired) electrons. The molecule has 0 spiro atoms. The van der Waals surface area contributed by atoms with Gasteiger partial charge in [-0.05, 0) is 45.3 Å². The standard InChI is InChI=1S/C11H24N2O4S2/c1-18(14,15)12-19(16,17)11-7-3-6-10-13-8-4-2-5-9-13/h12H,2-11H2,1H3. The third kappa shape index (κ3) is 8.56. The number of piperidine rings is 1. The van der Waals surface area contributed by atoms with E-state index in [4.69, 9.17) is 0 Å². The summed E-state index contributed by atoms with van der Waals surface area (Å²) in [6.45, 7) is 3.31. The zero-order valence-electron chi connectivity index (χ0n) is 11.5. The van der Waals surface area contributed by atoms with E-state index < -0.39 is 20.0 Å². The van der Waals surface area contributed by atoms with Crippen LogP contribution in [0.1, 0.15) is 38.5 Å². The minimum atomic E-state index is -3.70. The van der Waals surface area contributed by atoms with Crippen molar-refractivity contribution in [2.45, 2.75) is 38.5 Å². The van der Waals surface area contributed by atoms with E-state index in [0.717, 1.165) is 38.7 Å². The second-order valence-electron chi connectivity index (χ2n) is 5.14. The average Bonchev–Trinajstić information content (AvgIpc) is 2.26. The highest BCUT2D eigenvalue weighted by atomic mass is 32.3. The van der Waals surface area contributed by atoms with E-state index in [1.807, 2.05) is 0 Å². The molecule has 1 fully saturated rings. The van der Waals surface area contributed by atoms with Crippen molar-refractivity contribution in [1.29, 1.82) is 0 Å². The van der Waals surface area contributed by atoms with E-state index in [0.29, 0.717) is 6.42 Å². The predicted molar refractivity (Wildman–Crippen MR) is 75.9 cm³/mol. The van der Waals surface area contributed by atoms with Gasteiger partial charge in [0.2, 0.25) is 20.0 Å². The Morgan fingerprint density at radius 3 is 2.16 bits per heavy atom. The summed E-state index contributed by atoms with van der Waals surface area (Å²) >= 11 is 0. The number of unbranched alkanes of at least 4 members (excludes halogenated alkanes) is 2. The monoisotopic (exact) mass is 312 g/mol. The summed E-state index contributed by atoms with van der Waals surface area (Å²) in [5.41, 5.74) is 0. The Labute approximate surface area is 116 Å². The Morgan fingerprint density at radius 2 is 1.58 bits per heavy atom. The molecule has 0 atom stereocenters. The maximum absolute atomic E-state index is 11.4. The van der Waals surface area contributed by atoms with E-state index in [2.05, 4.69) is 4.90 Å². The van der Waals surface area contributed by atoms with Gasteiger partial charge in [0, 0.05) is 0 Å². The highest BCUT2D eigenvalue weighted by Gasteiger charge is 2.16. The summed E-state index contributed by atoms with van der Waals surface area (Å²) in [5.74, 6) is -0.125. The lowest BCUT2D eigenvalue weighted by Gasteiger charge is -2.26. The molecule has 6 nitrogen and oxygen atoms in total. The number of hydrogen-bond donors (Lipinski definition) is 1. The van der Waals surface area contributed by atoms with E-state index in [1.165, 1.54) is 19.3 Å². The van der Waals surface area contributed by atoms with Gasteiger partial charge in [-0.2, -0.15) is 0 Å². The van der Waals surface area contributed by atoms with E-state index in [1.54, 1.807) is 4.13 Å². The number of likely N-dealkylation sites (tertiary alicyclic amines) is 1. The molecule has 1 N–H and O–H groups in total. The number of hydrogen-bond acceptors (Lipinski definition) is 5. The van der Waals surface area contributed by atoms with Crippen molar-refractivity contribution in [2.24, 2.45) is 0 Å². The van der Waals surface area contributed by atoms with E-state index >= 15 is 0 Å². The second-order valence-corrected chi connectivity index (χ2v) is 8.99. The van der Waals surface area contributed by atoms with Crippen LogP contribution in [0, 0.1) is 0 Å².